The van der Waals surface area contributed by atoms with Crippen LogP contribution in [0.1, 0.15) is 122 Å². The Labute approximate surface area is 623 Å². The molecule has 0 spiro atoms. The average Bonchev–Trinajstić information content (AvgIpc) is 0.799. The molecule has 12 aromatic heterocycles. The summed E-state index contributed by atoms with van der Waals surface area (Å²) in [5, 5.41) is 30.8. The lowest BCUT2D eigenvalue weighted by Gasteiger charge is -2.56. The SMILES string of the molecule is Cc1cc(Cc2cc(C)[nH]n2)nc(-c2ccc(N3CC4CC(C3)N4Cc3ccc(C#N)nc3)nc2)n1.Cc1cc(Cc2cc(C)[nH]n2)nc(-c2ccc(N3CC4CC(C3)N4Cc3ccc(C(F)(F)F)nc3)nc2)n1.Cc1ccc(OC2CCN(c3ccc(-c4nc(C)cc(Cc5cc(C)[nH]n5)n4)cn3)CC2)cn1. The highest BCUT2D eigenvalue weighted by Crippen LogP contribution is 2.38. The second-order valence-electron chi connectivity index (χ2n) is 28.7. The molecule has 0 radical (unpaired) electrons. The summed E-state index contributed by atoms with van der Waals surface area (Å²) in [7, 11) is 0. The highest BCUT2D eigenvalue weighted by molar-refractivity contribution is 5.60. The molecule has 3 N–H and O–H groups in total. The number of aromatic amines is 3. The molecule has 7 saturated heterocycles. The molecular formula is C80H83F3N24O. The molecule has 0 aromatic carbocycles. The molecule has 12 aromatic rings. The van der Waals surface area contributed by atoms with Crippen LogP contribution in [-0.4, -0.2) is 170 Å². The third kappa shape index (κ3) is 17.3. The number of pyridine rings is 6. The van der Waals surface area contributed by atoms with Crippen LogP contribution in [0.25, 0.3) is 34.2 Å². The van der Waals surface area contributed by atoms with E-state index >= 15 is 0 Å². The number of nitrogens with zero attached hydrogens (tertiary/aromatic N) is 21. The number of fused-ring (bicyclic) bond motifs is 4. The zero-order valence-electron chi connectivity index (χ0n) is 61.3. The van der Waals surface area contributed by atoms with Gasteiger partial charge in [-0.05, 0) is 169 Å². The summed E-state index contributed by atoms with van der Waals surface area (Å²) in [4.78, 5) is 66.4. The van der Waals surface area contributed by atoms with E-state index in [2.05, 4.69) is 115 Å². The van der Waals surface area contributed by atoms with Gasteiger partial charge in [0, 0.05) is 196 Å². The van der Waals surface area contributed by atoms with Crippen molar-refractivity contribution in [3.63, 3.8) is 0 Å². The Hall–Kier alpha value is -11.8. The van der Waals surface area contributed by atoms with Gasteiger partial charge in [-0.3, -0.25) is 35.1 Å². The van der Waals surface area contributed by atoms with Crippen LogP contribution in [0.15, 0.2) is 146 Å². The molecule has 19 heterocycles. The van der Waals surface area contributed by atoms with Crippen LogP contribution in [0.2, 0.25) is 0 Å². The topological polar surface area (TPSA) is 290 Å². The predicted octanol–water partition coefficient (Wildman–Crippen LogP) is 11.8. The maximum atomic E-state index is 12.8. The number of piperazine rings is 2. The summed E-state index contributed by atoms with van der Waals surface area (Å²) in [5.41, 5.74) is 16.8. The maximum absolute atomic E-state index is 12.8. The number of halogens is 3. The van der Waals surface area contributed by atoms with E-state index in [1.807, 2.05) is 140 Å². The number of nitriles is 1. The van der Waals surface area contributed by atoms with Crippen molar-refractivity contribution in [3.05, 3.63) is 243 Å². The molecule has 550 valence electrons. The van der Waals surface area contributed by atoms with Crippen molar-refractivity contribution in [1.29, 1.82) is 5.26 Å². The van der Waals surface area contributed by atoms with Crippen molar-refractivity contribution in [3.8, 4) is 46.0 Å². The minimum absolute atomic E-state index is 0.206. The first-order valence-corrected chi connectivity index (χ1v) is 36.5. The van der Waals surface area contributed by atoms with Crippen LogP contribution < -0.4 is 19.4 Å². The lowest BCUT2D eigenvalue weighted by atomic mass is 9.87. The fourth-order valence-electron chi connectivity index (χ4n) is 14.8. The first-order valence-electron chi connectivity index (χ1n) is 36.5. The van der Waals surface area contributed by atoms with Gasteiger partial charge >= 0.3 is 6.18 Å². The number of rotatable bonds is 18. The van der Waals surface area contributed by atoms with E-state index in [-0.39, 0.29) is 6.10 Å². The minimum atomic E-state index is -4.41. The third-order valence-corrected chi connectivity index (χ3v) is 20.2. The van der Waals surface area contributed by atoms with E-state index in [4.69, 9.17) is 39.9 Å². The quantitative estimate of drug-likeness (QED) is 0.0719. The van der Waals surface area contributed by atoms with Crippen molar-refractivity contribution < 1.29 is 17.9 Å². The highest BCUT2D eigenvalue weighted by Gasteiger charge is 2.46. The van der Waals surface area contributed by atoms with Gasteiger partial charge in [-0.1, -0.05) is 12.1 Å². The third-order valence-electron chi connectivity index (χ3n) is 20.2. The van der Waals surface area contributed by atoms with E-state index in [1.165, 1.54) is 18.7 Å². The Morgan fingerprint density at radius 3 is 1.20 bits per heavy atom. The fourth-order valence-corrected chi connectivity index (χ4v) is 14.8. The summed E-state index contributed by atoms with van der Waals surface area (Å²) in [6.45, 7) is 20.7. The summed E-state index contributed by atoms with van der Waals surface area (Å²) in [5.74, 6) is 5.74. The first kappa shape index (κ1) is 71.8. The number of aromatic nitrogens is 18. The normalized spacial score (nSPS) is 17.7. The molecule has 7 fully saturated rings. The average molecular weight is 1450 g/mol. The van der Waals surface area contributed by atoms with Gasteiger partial charge in [-0.25, -0.2) is 49.8 Å². The van der Waals surface area contributed by atoms with Crippen LogP contribution in [-0.2, 0) is 38.5 Å². The summed E-state index contributed by atoms with van der Waals surface area (Å²) < 4.78 is 44.5. The number of piperidine rings is 3. The van der Waals surface area contributed by atoms with Crippen LogP contribution in [0.5, 0.6) is 5.75 Å². The smallest absolute Gasteiger partial charge is 0.433 e. The molecule has 7 aliphatic heterocycles. The van der Waals surface area contributed by atoms with E-state index < -0.39 is 11.9 Å². The van der Waals surface area contributed by atoms with Crippen molar-refractivity contribution in [2.24, 2.45) is 0 Å². The number of nitrogens with one attached hydrogen (secondary N) is 3. The Morgan fingerprint density at radius 1 is 0.435 bits per heavy atom. The molecule has 0 saturated carbocycles. The number of ether oxygens (including phenoxy) is 1. The summed E-state index contributed by atoms with van der Waals surface area (Å²) in [6, 6.07) is 38.5. The van der Waals surface area contributed by atoms with Gasteiger partial charge < -0.3 is 19.4 Å². The molecule has 4 unspecified atom stereocenters. The Bertz CT molecular complexity index is 5090. The lowest BCUT2D eigenvalue weighted by molar-refractivity contribution is -0.141. The second-order valence-corrected chi connectivity index (χ2v) is 28.7. The molecule has 19 rings (SSSR count). The first-order chi connectivity index (χ1) is 52.3. The van der Waals surface area contributed by atoms with Crippen molar-refractivity contribution in [2.75, 3.05) is 54.0 Å². The van der Waals surface area contributed by atoms with Crippen molar-refractivity contribution in [2.45, 2.75) is 143 Å². The highest BCUT2D eigenvalue weighted by atomic mass is 19.4. The Kier molecular flexibility index (Phi) is 20.8. The van der Waals surface area contributed by atoms with Crippen molar-refractivity contribution in [1.82, 2.24) is 100 Å². The fraction of sp³-hybridized carbons (Fsp3) is 0.350. The number of hydrogen-bond donors (Lipinski definition) is 3. The second kappa shape index (κ2) is 31.3. The van der Waals surface area contributed by atoms with Gasteiger partial charge in [0.05, 0.1) is 40.4 Å². The number of H-pyrrole nitrogens is 3. The summed E-state index contributed by atoms with van der Waals surface area (Å²) >= 11 is 0. The number of hydrogen-bond acceptors (Lipinski definition) is 22. The monoisotopic (exact) mass is 1450 g/mol. The van der Waals surface area contributed by atoms with Crippen LogP contribution in [0.4, 0.5) is 30.6 Å². The predicted molar refractivity (Wildman–Crippen MR) is 401 cm³/mol. The van der Waals surface area contributed by atoms with Gasteiger partial charge in [0.2, 0.25) is 0 Å². The molecule has 0 aliphatic carbocycles. The molecule has 25 nitrogen and oxygen atoms in total. The van der Waals surface area contributed by atoms with Crippen LogP contribution in [0, 0.1) is 59.8 Å². The van der Waals surface area contributed by atoms with Crippen molar-refractivity contribution >= 4 is 17.5 Å². The molecule has 28 heteroatoms. The van der Waals surface area contributed by atoms with E-state index in [0.717, 1.165) is 196 Å². The molecule has 4 bridgehead atoms. The van der Waals surface area contributed by atoms with Gasteiger partial charge in [-0.15, -0.1) is 0 Å². The molecular weight excluding hydrogens is 1370 g/mol. The van der Waals surface area contributed by atoms with E-state index in [1.54, 1.807) is 12.3 Å². The Balaban J connectivity index is 0.000000129. The molecule has 0 amide bonds. The Morgan fingerprint density at radius 2 is 0.861 bits per heavy atom. The largest absolute Gasteiger partial charge is 0.489 e. The van der Waals surface area contributed by atoms with Gasteiger partial charge in [0.15, 0.2) is 17.5 Å². The zero-order valence-corrected chi connectivity index (χ0v) is 61.3. The number of aryl methyl sites for hydroxylation is 7. The maximum Gasteiger partial charge on any atom is 0.433 e. The lowest BCUT2D eigenvalue weighted by Crippen LogP contribution is -2.68. The van der Waals surface area contributed by atoms with Gasteiger partial charge in [0.1, 0.15) is 46.8 Å². The van der Waals surface area contributed by atoms with Crippen LogP contribution in [0.3, 0.4) is 0 Å². The standard InChI is InChI=1S/C27H27F3N8.C27H27N9.C26H29N7O/c1-16-7-20(9-21-8-17(2)35-36-21)34-26(33-16)19-4-6-25(32-12-19)37-14-22-10-23(15-37)38(22)13-18-3-5-24(31-11-18)27(28,29)30;1-17-7-22(9-23-8-18(2)33-34-23)32-27(31-17)20-4-6-26(30-13-20)35-15-24-10-25(16-35)36(24)14-19-3-5-21(11-28)29-12-19;1-17-4-6-24(16-27-17)34-23-8-10-33(11-9-23)25-7-5-20(15-28-25)26-29-18(2)12-21(30-26)14-22-13-19(3)31-32-22/h3-8,11-12,22-23H,9-10,13-15H2,1-2H3,(H,35,36);3-8,12-13,24-25H,9-10,14-16H2,1-2H3,(H,33,34);4-7,12-13,15-16,23H,8-11,14H2,1-3H3,(H,31,32). The van der Waals surface area contributed by atoms with E-state index in [0.29, 0.717) is 73.1 Å². The number of alkyl halides is 3. The molecule has 4 atom stereocenters. The zero-order chi connectivity index (χ0) is 74.6. The summed E-state index contributed by atoms with van der Waals surface area (Å²) in [6.07, 6.45) is 12.5. The number of anilines is 3. The molecule has 108 heavy (non-hydrogen) atoms. The van der Waals surface area contributed by atoms with Crippen LogP contribution >= 0.6 is 0 Å². The van der Waals surface area contributed by atoms with Gasteiger partial charge in [0.25, 0.3) is 0 Å². The van der Waals surface area contributed by atoms with E-state index in [9.17, 15) is 13.2 Å². The minimum Gasteiger partial charge on any atom is -0.489 e. The molecule has 7 aliphatic rings. The van der Waals surface area contributed by atoms with Gasteiger partial charge in [-0.2, -0.15) is 33.7 Å².